The van der Waals surface area contributed by atoms with Gasteiger partial charge >= 0.3 is 0 Å². The van der Waals surface area contributed by atoms with Gasteiger partial charge in [0.05, 0.1) is 17.3 Å². The van der Waals surface area contributed by atoms with Crippen LogP contribution in [0.15, 0.2) is 16.6 Å². The van der Waals surface area contributed by atoms with Crippen LogP contribution >= 0.6 is 15.9 Å². The van der Waals surface area contributed by atoms with E-state index < -0.39 is 0 Å². The van der Waals surface area contributed by atoms with Crippen LogP contribution in [-0.2, 0) is 0 Å². The number of aryl methyl sites for hydroxylation is 2. The van der Waals surface area contributed by atoms with Gasteiger partial charge in [0.2, 0.25) is 0 Å². The van der Waals surface area contributed by atoms with E-state index in [1.165, 1.54) is 11.1 Å². The van der Waals surface area contributed by atoms with Crippen LogP contribution in [0.2, 0.25) is 0 Å². The summed E-state index contributed by atoms with van der Waals surface area (Å²) in [5, 5.41) is 7.39. The molecule has 0 fully saturated rings. The fourth-order valence-electron chi connectivity index (χ4n) is 1.95. The first-order chi connectivity index (χ1) is 8.95. The van der Waals surface area contributed by atoms with Crippen molar-refractivity contribution in [1.82, 2.24) is 10.2 Å². The maximum Gasteiger partial charge on any atom is 0.164 e. The van der Waals surface area contributed by atoms with Gasteiger partial charge in [0.25, 0.3) is 0 Å². The fraction of sp³-hybridized carbons (Fsp3) is 0.357. The van der Waals surface area contributed by atoms with E-state index in [1.807, 2.05) is 25.1 Å². The highest BCUT2D eigenvalue weighted by Gasteiger charge is 2.17. The number of H-pyrrole nitrogens is 1. The molecular weight excluding hydrogens is 306 g/mol. The Bertz CT molecular complexity index is 605. The Labute approximate surface area is 121 Å². The topological polar surface area (TPSA) is 41.1 Å². The predicted molar refractivity (Wildman–Crippen MR) is 82.1 cm³/mol. The molecule has 0 unspecified atom stereocenters. The SMILES string of the molecule is COc1cc(C)c(C)cc1-c1[nH]nc(N(C)C)c1Br. The van der Waals surface area contributed by atoms with Gasteiger partial charge in [0.1, 0.15) is 5.75 Å². The zero-order valence-electron chi connectivity index (χ0n) is 11.8. The molecule has 1 heterocycles. The number of hydrogen-bond acceptors (Lipinski definition) is 3. The molecule has 1 N–H and O–H groups in total. The molecule has 4 nitrogen and oxygen atoms in total. The van der Waals surface area contributed by atoms with E-state index in [-0.39, 0.29) is 0 Å². The van der Waals surface area contributed by atoms with Crippen molar-refractivity contribution in [3.05, 3.63) is 27.7 Å². The lowest BCUT2D eigenvalue weighted by atomic mass is 10.0. The fourth-order valence-corrected chi connectivity index (χ4v) is 2.69. The van der Waals surface area contributed by atoms with Gasteiger partial charge in [-0.1, -0.05) is 0 Å². The van der Waals surface area contributed by atoms with Crippen molar-refractivity contribution in [1.29, 1.82) is 0 Å². The van der Waals surface area contributed by atoms with Crippen molar-refractivity contribution < 1.29 is 4.74 Å². The number of halogens is 1. The number of aromatic nitrogens is 2. The highest BCUT2D eigenvalue weighted by Crippen LogP contribution is 2.38. The van der Waals surface area contributed by atoms with Gasteiger partial charge in [-0.05, 0) is 53.0 Å². The Morgan fingerprint density at radius 1 is 1.21 bits per heavy atom. The summed E-state index contributed by atoms with van der Waals surface area (Å²) in [4.78, 5) is 1.96. The van der Waals surface area contributed by atoms with Crippen molar-refractivity contribution in [2.45, 2.75) is 13.8 Å². The normalized spacial score (nSPS) is 10.6. The Morgan fingerprint density at radius 2 is 1.84 bits per heavy atom. The smallest absolute Gasteiger partial charge is 0.164 e. The molecule has 0 radical (unpaired) electrons. The summed E-state index contributed by atoms with van der Waals surface area (Å²) in [7, 11) is 5.61. The number of methoxy groups -OCH3 is 1. The number of rotatable bonds is 3. The maximum atomic E-state index is 5.48. The monoisotopic (exact) mass is 323 g/mol. The van der Waals surface area contributed by atoms with Crippen molar-refractivity contribution in [2.75, 3.05) is 26.1 Å². The lowest BCUT2D eigenvalue weighted by Crippen LogP contribution is -2.09. The first-order valence-electron chi connectivity index (χ1n) is 6.02. The third-order valence-electron chi connectivity index (χ3n) is 3.20. The number of hydrogen-bond donors (Lipinski definition) is 1. The summed E-state index contributed by atoms with van der Waals surface area (Å²) < 4.78 is 6.42. The van der Waals surface area contributed by atoms with Crippen LogP contribution in [0.4, 0.5) is 5.82 Å². The second kappa shape index (κ2) is 5.25. The molecule has 1 aromatic carbocycles. The van der Waals surface area contributed by atoms with E-state index in [0.29, 0.717) is 0 Å². The van der Waals surface area contributed by atoms with Gasteiger partial charge in [0.15, 0.2) is 5.82 Å². The molecule has 0 saturated heterocycles. The van der Waals surface area contributed by atoms with E-state index >= 15 is 0 Å². The highest BCUT2D eigenvalue weighted by atomic mass is 79.9. The lowest BCUT2D eigenvalue weighted by molar-refractivity contribution is 0.416. The molecule has 102 valence electrons. The molecule has 0 saturated carbocycles. The number of ether oxygens (including phenoxy) is 1. The molecule has 0 atom stereocenters. The van der Waals surface area contributed by atoms with Crippen LogP contribution in [-0.4, -0.2) is 31.4 Å². The number of anilines is 1. The Hall–Kier alpha value is -1.49. The van der Waals surface area contributed by atoms with Crippen molar-refractivity contribution in [3.63, 3.8) is 0 Å². The molecule has 0 aliphatic heterocycles. The first kappa shape index (κ1) is 13.9. The van der Waals surface area contributed by atoms with Crippen molar-refractivity contribution in [2.24, 2.45) is 0 Å². The zero-order valence-corrected chi connectivity index (χ0v) is 13.4. The van der Waals surface area contributed by atoms with E-state index in [0.717, 1.165) is 27.3 Å². The summed E-state index contributed by atoms with van der Waals surface area (Å²) in [6.45, 7) is 4.17. The zero-order chi connectivity index (χ0) is 14.2. The van der Waals surface area contributed by atoms with Gasteiger partial charge in [-0.15, -0.1) is 0 Å². The minimum Gasteiger partial charge on any atom is -0.496 e. The van der Waals surface area contributed by atoms with Gasteiger partial charge in [-0.3, -0.25) is 5.10 Å². The standard InChI is InChI=1S/C14H18BrN3O/c1-8-6-10(11(19-5)7-9(8)2)13-12(15)14(17-16-13)18(3)4/h6-7H,1-5H3,(H,16,17). The van der Waals surface area contributed by atoms with E-state index in [2.05, 4.69) is 46.0 Å². The Morgan fingerprint density at radius 3 is 2.37 bits per heavy atom. The van der Waals surface area contributed by atoms with Crippen LogP contribution in [0.3, 0.4) is 0 Å². The molecule has 1 aromatic heterocycles. The largest absolute Gasteiger partial charge is 0.496 e. The predicted octanol–water partition coefficient (Wildman–Crippen LogP) is 3.53. The molecule has 19 heavy (non-hydrogen) atoms. The van der Waals surface area contributed by atoms with E-state index in [1.54, 1.807) is 7.11 Å². The molecule has 0 aliphatic rings. The summed E-state index contributed by atoms with van der Waals surface area (Å²) in [5.41, 5.74) is 4.38. The highest BCUT2D eigenvalue weighted by molar-refractivity contribution is 9.10. The van der Waals surface area contributed by atoms with Gasteiger partial charge in [-0.25, -0.2) is 0 Å². The van der Waals surface area contributed by atoms with Gasteiger partial charge in [-0.2, -0.15) is 5.10 Å². The molecule has 0 spiro atoms. The maximum absolute atomic E-state index is 5.48. The number of aromatic amines is 1. The van der Waals surface area contributed by atoms with Crippen LogP contribution in [0.1, 0.15) is 11.1 Å². The Balaban J connectivity index is 2.62. The third kappa shape index (κ3) is 2.47. The molecule has 0 bridgehead atoms. The number of nitrogens with zero attached hydrogens (tertiary/aromatic N) is 2. The second-order valence-corrected chi connectivity index (χ2v) is 5.56. The van der Waals surface area contributed by atoms with Gasteiger partial charge < -0.3 is 9.64 Å². The quantitative estimate of drug-likeness (QED) is 0.939. The van der Waals surface area contributed by atoms with Crippen LogP contribution in [0, 0.1) is 13.8 Å². The first-order valence-corrected chi connectivity index (χ1v) is 6.81. The molecular formula is C14H18BrN3O. The molecule has 2 aromatic rings. The molecule has 2 rings (SSSR count). The van der Waals surface area contributed by atoms with Crippen LogP contribution in [0.25, 0.3) is 11.3 Å². The van der Waals surface area contributed by atoms with Crippen molar-refractivity contribution in [3.8, 4) is 17.0 Å². The van der Waals surface area contributed by atoms with E-state index in [9.17, 15) is 0 Å². The summed E-state index contributed by atoms with van der Waals surface area (Å²) in [6, 6.07) is 4.17. The minimum absolute atomic E-state index is 0.845. The summed E-state index contributed by atoms with van der Waals surface area (Å²) in [5.74, 6) is 1.72. The summed E-state index contributed by atoms with van der Waals surface area (Å²) in [6.07, 6.45) is 0. The molecule has 5 heteroatoms. The Kier molecular flexibility index (Phi) is 3.85. The average molecular weight is 324 g/mol. The minimum atomic E-state index is 0.845. The average Bonchev–Trinajstić information content (AvgIpc) is 2.74. The van der Waals surface area contributed by atoms with Crippen LogP contribution in [0.5, 0.6) is 5.75 Å². The number of nitrogens with one attached hydrogen (secondary N) is 1. The van der Waals surface area contributed by atoms with Gasteiger partial charge in [0, 0.05) is 19.7 Å². The third-order valence-corrected chi connectivity index (χ3v) is 3.95. The lowest BCUT2D eigenvalue weighted by Gasteiger charge is -2.12. The van der Waals surface area contributed by atoms with Crippen LogP contribution < -0.4 is 9.64 Å². The summed E-state index contributed by atoms with van der Waals surface area (Å²) >= 11 is 3.60. The van der Waals surface area contributed by atoms with E-state index in [4.69, 9.17) is 4.74 Å². The van der Waals surface area contributed by atoms with Crippen molar-refractivity contribution >= 4 is 21.7 Å². The molecule has 0 amide bonds. The second-order valence-electron chi connectivity index (χ2n) is 4.77. The molecule has 0 aliphatic carbocycles. The number of benzene rings is 1.